The van der Waals surface area contributed by atoms with Gasteiger partial charge in [-0.1, -0.05) is 47.2 Å². The molecule has 3 heterocycles. The number of ether oxygens (including phenoxy) is 2. The van der Waals surface area contributed by atoms with Gasteiger partial charge in [0.05, 0.1) is 30.7 Å². The molecule has 1 saturated carbocycles. The molecule has 4 aliphatic rings. The number of anilines is 1. The predicted octanol–water partition coefficient (Wildman–Crippen LogP) is 5.91. The van der Waals surface area contributed by atoms with Crippen LogP contribution in [-0.2, 0) is 14.4 Å². The zero-order valence-electron chi connectivity index (χ0n) is 27.3. The van der Waals surface area contributed by atoms with Crippen molar-refractivity contribution in [2.75, 3.05) is 24.7 Å². The summed E-state index contributed by atoms with van der Waals surface area (Å²) in [5, 5.41) is 16.2. The normalized spacial score (nSPS) is 23.9. The van der Waals surface area contributed by atoms with E-state index in [0.29, 0.717) is 18.9 Å². The Morgan fingerprint density at radius 3 is 2.21 bits per heavy atom. The summed E-state index contributed by atoms with van der Waals surface area (Å²) >= 11 is 0. The number of amides is 3. The fourth-order valence-electron chi connectivity index (χ4n) is 7.01. The average molecular weight is 647 g/mol. The van der Waals surface area contributed by atoms with E-state index in [0.717, 1.165) is 63.6 Å². The lowest BCUT2D eigenvalue weighted by molar-refractivity contribution is -0.136. The summed E-state index contributed by atoms with van der Waals surface area (Å²) in [6.07, 6.45) is 4.81. The van der Waals surface area contributed by atoms with Crippen LogP contribution in [0, 0.1) is 12.8 Å². The summed E-state index contributed by atoms with van der Waals surface area (Å²) in [6, 6.07) is 20.6. The van der Waals surface area contributed by atoms with Crippen molar-refractivity contribution in [3.8, 4) is 11.5 Å². The van der Waals surface area contributed by atoms with Crippen molar-refractivity contribution >= 4 is 35.2 Å². The molecular formula is C37H38N6O5. The van der Waals surface area contributed by atoms with Gasteiger partial charge >= 0.3 is 0 Å². The van der Waals surface area contributed by atoms with Crippen LogP contribution >= 0.6 is 0 Å². The van der Waals surface area contributed by atoms with Gasteiger partial charge in [0.15, 0.2) is 12.1 Å². The molecule has 3 aliphatic heterocycles. The Labute approximate surface area is 279 Å². The van der Waals surface area contributed by atoms with E-state index in [4.69, 9.17) is 14.6 Å². The first-order valence-corrected chi connectivity index (χ1v) is 16.5. The molecule has 3 amide bonds. The Morgan fingerprint density at radius 2 is 1.54 bits per heavy atom. The fourth-order valence-corrected chi connectivity index (χ4v) is 7.01. The highest BCUT2D eigenvalue weighted by Crippen LogP contribution is 2.45. The molecule has 0 unspecified atom stereocenters. The van der Waals surface area contributed by atoms with Crippen LogP contribution < -0.4 is 14.4 Å². The molecule has 0 radical (unpaired) electrons. The molecule has 3 aromatic carbocycles. The minimum atomic E-state index is -0.996. The van der Waals surface area contributed by atoms with E-state index in [1.807, 2.05) is 81.4 Å². The van der Waals surface area contributed by atoms with Crippen LogP contribution in [0.1, 0.15) is 55.8 Å². The van der Waals surface area contributed by atoms with Crippen molar-refractivity contribution in [2.24, 2.45) is 21.4 Å². The van der Waals surface area contributed by atoms with E-state index in [1.165, 1.54) is 5.01 Å². The van der Waals surface area contributed by atoms with Crippen LogP contribution in [0.3, 0.4) is 0 Å². The molecule has 0 spiro atoms. The second-order valence-electron chi connectivity index (χ2n) is 12.4. The molecular weight excluding hydrogens is 608 g/mol. The molecule has 11 heteroatoms. The van der Waals surface area contributed by atoms with Crippen LogP contribution in [0.2, 0.25) is 0 Å². The topological polar surface area (TPSA) is 116 Å². The third-order valence-corrected chi connectivity index (χ3v) is 9.27. The van der Waals surface area contributed by atoms with Gasteiger partial charge in [0, 0.05) is 5.92 Å². The molecule has 0 N–H and O–H groups in total. The number of rotatable bonds is 9. The summed E-state index contributed by atoms with van der Waals surface area (Å²) < 4.78 is 11.3. The van der Waals surface area contributed by atoms with Crippen LogP contribution in [0.25, 0.3) is 6.08 Å². The van der Waals surface area contributed by atoms with Crippen molar-refractivity contribution in [2.45, 2.75) is 58.2 Å². The molecule has 4 atom stereocenters. The lowest BCUT2D eigenvalue weighted by atomic mass is 9.77. The monoisotopic (exact) mass is 646 g/mol. The van der Waals surface area contributed by atoms with E-state index in [1.54, 1.807) is 17.1 Å². The molecule has 48 heavy (non-hydrogen) atoms. The van der Waals surface area contributed by atoms with E-state index in [2.05, 4.69) is 16.4 Å². The maximum atomic E-state index is 14.2. The lowest BCUT2D eigenvalue weighted by Gasteiger charge is -2.30. The summed E-state index contributed by atoms with van der Waals surface area (Å²) in [5.74, 6) is 0.327. The number of allylic oxidation sites excluding steroid dienone is 1. The quantitative estimate of drug-likeness (QED) is 0.267. The first-order valence-electron chi connectivity index (χ1n) is 16.5. The minimum Gasteiger partial charge on any atom is -0.494 e. The van der Waals surface area contributed by atoms with Gasteiger partial charge in [-0.15, -0.1) is 0 Å². The van der Waals surface area contributed by atoms with Crippen LogP contribution in [-0.4, -0.2) is 65.3 Å². The number of hydrazone groups is 1. The fraction of sp³-hybridized carbons (Fsp3) is 0.351. The number of benzene rings is 3. The molecule has 1 saturated heterocycles. The van der Waals surface area contributed by atoms with Crippen LogP contribution in [0.15, 0.2) is 93.8 Å². The Hall–Kier alpha value is -5.32. The standard InChI is InChI=1S/C37H38N6O5/c1-4-47-28-17-11-24(12-18-28)21-26-7-6-8-30-32(26)39-43(34(30)25-13-19-29(20-14-25)48-5-2)31(44)22-41-35-33(38-40-41)36(45)42(37(35)46)27-15-9-23(3)10-16-27/h9-21,30,33-35H,4-8,22H2,1-3H3/b26-21-/t30-,33+,34-,35+/m1/s1. The second-order valence-corrected chi connectivity index (χ2v) is 12.4. The van der Waals surface area contributed by atoms with E-state index >= 15 is 0 Å². The maximum Gasteiger partial charge on any atom is 0.264 e. The number of aryl methyl sites for hydroxylation is 1. The van der Waals surface area contributed by atoms with Gasteiger partial charge in [-0.3, -0.25) is 19.4 Å². The lowest BCUT2D eigenvalue weighted by Crippen LogP contribution is -2.45. The summed E-state index contributed by atoms with van der Waals surface area (Å²) in [7, 11) is 0. The zero-order chi connectivity index (χ0) is 33.4. The maximum absolute atomic E-state index is 14.2. The van der Waals surface area contributed by atoms with E-state index in [9.17, 15) is 14.4 Å². The molecule has 7 rings (SSSR count). The number of imide groups is 1. The van der Waals surface area contributed by atoms with Crippen molar-refractivity contribution in [1.29, 1.82) is 0 Å². The van der Waals surface area contributed by atoms with Crippen LogP contribution in [0.4, 0.5) is 5.69 Å². The zero-order valence-corrected chi connectivity index (χ0v) is 27.3. The molecule has 0 bridgehead atoms. The molecule has 3 aromatic rings. The van der Waals surface area contributed by atoms with Crippen molar-refractivity contribution in [3.05, 3.63) is 95.1 Å². The smallest absolute Gasteiger partial charge is 0.264 e. The summed E-state index contributed by atoms with van der Waals surface area (Å²) in [4.78, 5) is 42.3. The first-order chi connectivity index (χ1) is 23.4. The van der Waals surface area contributed by atoms with E-state index in [-0.39, 0.29) is 24.4 Å². The third kappa shape index (κ3) is 5.74. The SMILES string of the molecule is CCOc1ccc(/C=C2/CCC[C@@H]3C2=NN(C(=O)CN2N=N[C@@H]4C(=O)N(c5ccc(C)cc5)C(=O)[C@H]42)[C@@H]3c2ccc(OCC)cc2)cc1. The number of nitrogens with zero attached hydrogens (tertiary/aromatic N) is 6. The van der Waals surface area contributed by atoms with Gasteiger partial charge in [-0.05, 0) is 99.2 Å². The average Bonchev–Trinajstić information content (AvgIpc) is 3.76. The Bertz CT molecular complexity index is 1800. The van der Waals surface area contributed by atoms with E-state index < -0.39 is 23.9 Å². The number of hydrogen-bond donors (Lipinski definition) is 0. The molecule has 2 fully saturated rings. The largest absolute Gasteiger partial charge is 0.494 e. The van der Waals surface area contributed by atoms with Gasteiger partial charge < -0.3 is 9.47 Å². The second kappa shape index (κ2) is 13.1. The molecule has 1 aliphatic carbocycles. The number of fused-ring (bicyclic) bond motifs is 2. The molecule has 11 nitrogen and oxygen atoms in total. The summed E-state index contributed by atoms with van der Waals surface area (Å²) in [6.45, 7) is 6.74. The first kappa shape index (κ1) is 31.3. The molecule has 246 valence electrons. The number of carbonyl (C=O) groups is 3. The minimum absolute atomic E-state index is 0.0192. The highest BCUT2D eigenvalue weighted by atomic mass is 16.5. The van der Waals surface area contributed by atoms with Crippen molar-refractivity contribution in [1.82, 2.24) is 10.0 Å². The van der Waals surface area contributed by atoms with Gasteiger partial charge in [-0.2, -0.15) is 10.2 Å². The van der Waals surface area contributed by atoms with Gasteiger partial charge in [0.2, 0.25) is 0 Å². The Balaban J connectivity index is 1.18. The Kier molecular flexibility index (Phi) is 8.51. The highest BCUT2D eigenvalue weighted by molar-refractivity contribution is 6.25. The third-order valence-electron chi connectivity index (χ3n) is 9.27. The van der Waals surface area contributed by atoms with Crippen molar-refractivity contribution in [3.63, 3.8) is 0 Å². The van der Waals surface area contributed by atoms with Gasteiger partial charge in [0.25, 0.3) is 17.7 Å². The number of hydrogen-bond acceptors (Lipinski definition) is 9. The van der Waals surface area contributed by atoms with Crippen LogP contribution in [0.5, 0.6) is 11.5 Å². The highest BCUT2D eigenvalue weighted by Gasteiger charge is 2.55. The Morgan fingerprint density at radius 1 is 0.875 bits per heavy atom. The van der Waals surface area contributed by atoms with Gasteiger partial charge in [0.1, 0.15) is 18.0 Å². The van der Waals surface area contributed by atoms with Crippen molar-refractivity contribution < 1.29 is 23.9 Å². The van der Waals surface area contributed by atoms with Gasteiger partial charge in [-0.25, -0.2) is 9.91 Å². The number of carbonyl (C=O) groups excluding carboxylic acids is 3. The predicted molar refractivity (Wildman–Crippen MR) is 180 cm³/mol. The summed E-state index contributed by atoms with van der Waals surface area (Å²) in [5.41, 5.74) is 5.44. The molecule has 0 aromatic heterocycles.